The Hall–Kier alpha value is -0.890. The molecule has 4 unspecified atom stereocenters. The second kappa shape index (κ2) is 5.83. The van der Waals surface area contributed by atoms with E-state index in [0.29, 0.717) is 6.04 Å². The van der Waals surface area contributed by atoms with Crippen LogP contribution in [0.1, 0.15) is 50.4 Å². The summed E-state index contributed by atoms with van der Waals surface area (Å²) in [7, 11) is 2.07. The van der Waals surface area contributed by atoms with Gasteiger partial charge in [0.05, 0.1) is 11.7 Å². The van der Waals surface area contributed by atoms with E-state index in [1.54, 1.807) is 0 Å². The monoisotopic (exact) mass is 246 g/mol. The second-order valence-corrected chi connectivity index (χ2v) is 6.05. The SMILES string of the molecule is CNC(c1cc(C)ccn1)C1CCC(C)C(C)C1. The lowest BCUT2D eigenvalue weighted by molar-refractivity contribution is 0.173. The average Bonchev–Trinajstić information content (AvgIpc) is 2.35. The van der Waals surface area contributed by atoms with Crippen LogP contribution < -0.4 is 5.32 Å². The highest BCUT2D eigenvalue weighted by Crippen LogP contribution is 2.39. The Balaban J connectivity index is 2.14. The topological polar surface area (TPSA) is 24.9 Å². The first-order chi connectivity index (χ1) is 8.61. The van der Waals surface area contributed by atoms with Crippen molar-refractivity contribution < 1.29 is 0 Å². The van der Waals surface area contributed by atoms with E-state index in [4.69, 9.17) is 0 Å². The molecule has 18 heavy (non-hydrogen) atoms. The normalized spacial score (nSPS) is 30.1. The van der Waals surface area contributed by atoms with E-state index in [0.717, 1.165) is 17.8 Å². The van der Waals surface area contributed by atoms with E-state index in [2.05, 4.69) is 50.3 Å². The molecule has 0 saturated heterocycles. The molecule has 0 radical (unpaired) electrons. The number of nitrogens with zero attached hydrogens (tertiary/aromatic N) is 1. The highest BCUT2D eigenvalue weighted by molar-refractivity contribution is 5.18. The van der Waals surface area contributed by atoms with E-state index in [-0.39, 0.29) is 0 Å². The fourth-order valence-corrected chi connectivity index (χ4v) is 3.25. The summed E-state index contributed by atoms with van der Waals surface area (Å²) >= 11 is 0. The number of aromatic nitrogens is 1. The Morgan fingerprint density at radius 2 is 2.06 bits per heavy atom. The molecule has 1 aromatic heterocycles. The van der Waals surface area contributed by atoms with E-state index in [9.17, 15) is 0 Å². The van der Waals surface area contributed by atoms with Gasteiger partial charge in [0.15, 0.2) is 0 Å². The number of pyridine rings is 1. The molecule has 2 heteroatoms. The summed E-state index contributed by atoms with van der Waals surface area (Å²) in [5.74, 6) is 2.45. The molecule has 2 rings (SSSR count). The second-order valence-electron chi connectivity index (χ2n) is 6.05. The zero-order chi connectivity index (χ0) is 13.1. The van der Waals surface area contributed by atoms with Gasteiger partial charge < -0.3 is 5.32 Å². The van der Waals surface area contributed by atoms with Crippen LogP contribution in [0.5, 0.6) is 0 Å². The van der Waals surface area contributed by atoms with Crippen LogP contribution in [-0.4, -0.2) is 12.0 Å². The predicted molar refractivity (Wildman–Crippen MR) is 76.4 cm³/mol. The van der Waals surface area contributed by atoms with Gasteiger partial charge in [0.2, 0.25) is 0 Å². The highest BCUT2D eigenvalue weighted by Gasteiger charge is 2.30. The van der Waals surface area contributed by atoms with Crippen molar-refractivity contribution >= 4 is 0 Å². The summed E-state index contributed by atoms with van der Waals surface area (Å²) in [6.45, 7) is 6.93. The Kier molecular flexibility index (Phi) is 4.39. The van der Waals surface area contributed by atoms with Crippen LogP contribution in [0.4, 0.5) is 0 Å². The van der Waals surface area contributed by atoms with E-state index >= 15 is 0 Å². The van der Waals surface area contributed by atoms with Gasteiger partial charge in [0.25, 0.3) is 0 Å². The van der Waals surface area contributed by atoms with Gasteiger partial charge in [-0.2, -0.15) is 0 Å². The quantitative estimate of drug-likeness (QED) is 0.879. The fraction of sp³-hybridized carbons (Fsp3) is 0.688. The molecule has 1 heterocycles. The highest BCUT2D eigenvalue weighted by atomic mass is 14.9. The third-order valence-electron chi connectivity index (χ3n) is 4.68. The smallest absolute Gasteiger partial charge is 0.0578 e. The minimum atomic E-state index is 0.417. The molecule has 0 aromatic carbocycles. The maximum Gasteiger partial charge on any atom is 0.0578 e. The maximum absolute atomic E-state index is 4.57. The first-order valence-electron chi connectivity index (χ1n) is 7.21. The molecular formula is C16H26N2. The molecule has 1 N–H and O–H groups in total. The van der Waals surface area contributed by atoms with Crippen molar-refractivity contribution in [3.05, 3.63) is 29.6 Å². The molecule has 100 valence electrons. The molecule has 0 bridgehead atoms. The lowest BCUT2D eigenvalue weighted by atomic mass is 9.72. The average molecular weight is 246 g/mol. The summed E-state index contributed by atoms with van der Waals surface area (Å²) < 4.78 is 0. The number of nitrogens with one attached hydrogen (secondary N) is 1. The summed E-state index contributed by atoms with van der Waals surface area (Å²) in [5, 5.41) is 3.49. The van der Waals surface area contributed by atoms with Gasteiger partial charge in [-0.25, -0.2) is 0 Å². The zero-order valence-electron chi connectivity index (χ0n) is 12.1. The minimum absolute atomic E-state index is 0.417. The Morgan fingerprint density at radius 3 is 2.67 bits per heavy atom. The van der Waals surface area contributed by atoms with Crippen molar-refractivity contribution in [1.82, 2.24) is 10.3 Å². The number of hydrogen-bond donors (Lipinski definition) is 1. The van der Waals surface area contributed by atoms with Crippen LogP contribution in [-0.2, 0) is 0 Å². The zero-order valence-corrected chi connectivity index (χ0v) is 12.1. The molecule has 4 atom stereocenters. The Bertz CT molecular complexity index is 388. The van der Waals surface area contributed by atoms with Gasteiger partial charge in [-0.1, -0.05) is 20.3 Å². The van der Waals surface area contributed by atoms with Crippen LogP contribution >= 0.6 is 0 Å². The third kappa shape index (κ3) is 2.92. The lowest BCUT2D eigenvalue weighted by Gasteiger charge is -2.36. The van der Waals surface area contributed by atoms with E-state index < -0.39 is 0 Å². The molecule has 1 fully saturated rings. The van der Waals surface area contributed by atoms with Crippen molar-refractivity contribution in [2.75, 3.05) is 7.05 Å². The van der Waals surface area contributed by atoms with Gasteiger partial charge in [0.1, 0.15) is 0 Å². The molecule has 1 saturated carbocycles. The van der Waals surface area contributed by atoms with Gasteiger partial charge >= 0.3 is 0 Å². The van der Waals surface area contributed by atoms with Gasteiger partial charge in [-0.05, 0) is 62.3 Å². The van der Waals surface area contributed by atoms with Crippen LogP contribution in [0.2, 0.25) is 0 Å². The van der Waals surface area contributed by atoms with Crippen molar-refractivity contribution in [2.45, 2.75) is 46.1 Å². The molecule has 1 aliphatic carbocycles. The van der Waals surface area contributed by atoms with E-state index in [1.165, 1.54) is 30.5 Å². The van der Waals surface area contributed by atoms with Gasteiger partial charge in [-0.3, -0.25) is 4.98 Å². The standard InChI is InChI=1S/C16H26N2/c1-11-7-8-18-15(9-11)16(17-4)14-6-5-12(2)13(3)10-14/h7-9,12-14,16-17H,5-6,10H2,1-4H3. The number of hydrogen-bond acceptors (Lipinski definition) is 2. The van der Waals surface area contributed by atoms with Crippen LogP contribution in [0, 0.1) is 24.7 Å². The van der Waals surface area contributed by atoms with Crippen LogP contribution in [0.25, 0.3) is 0 Å². The number of rotatable bonds is 3. The van der Waals surface area contributed by atoms with Gasteiger partial charge in [0, 0.05) is 6.20 Å². The first kappa shape index (κ1) is 13.5. The molecule has 2 nitrogen and oxygen atoms in total. The van der Waals surface area contributed by atoms with Crippen molar-refractivity contribution in [1.29, 1.82) is 0 Å². The van der Waals surface area contributed by atoms with E-state index in [1.807, 2.05) is 6.20 Å². The Labute approximate surface area is 111 Å². The third-order valence-corrected chi connectivity index (χ3v) is 4.68. The summed E-state index contributed by atoms with van der Waals surface area (Å²) in [6.07, 6.45) is 5.94. The Morgan fingerprint density at radius 1 is 1.28 bits per heavy atom. The predicted octanol–water partition coefficient (Wildman–Crippen LogP) is 3.72. The maximum atomic E-state index is 4.57. The molecule has 1 aliphatic rings. The van der Waals surface area contributed by atoms with Crippen LogP contribution in [0.15, 0.2) is 18.3 Å². The van der Waals surface area contributed by atoms with Crippen molar-refractivity contribution in [2.24, 2.45) is 17.8 Å². The minimum Gasteiger partial charge on any atom is -0.311 e. The summed E-state index contributed by atoms with van der Waals surface area (Å²) in [4.78, 5) is 4.57. The molecular weight excluding hydrogens is 220 g/mol. The summed E-state index contributed by atoms with van der Waals surface area (Å²) in [6, 6.07) is 4.71. The first-order valence-corrected chi connectivity index (χ1v) is 7.21. The van der Waals surface area contributed by atoms with Crippen LogP contribution in [0.3, 0.4) is 0 Å². The molecule has 0 amide bonds. The largest absolute Gasteiger partial charge is 0.311 e. The number of aryl methyl sites for hydroxylation is 1. The molecule has 0 spiro atoms. The fourth-order valence-electron chi connectivity index (χ4n) is 3.25. The van der Waals surface area contributed by atoms with Gasteiger partial charge in [-0.15, -0.1) is 0 Å². The van der Waals surface area contributed by atoms with Crippen molar-refractivity contribution in [3.8, 4) is 0 Å². The van der Waals surface area contributed by atoms with Crippen molar-refractivity contribution in [3.63, 3.8) is 0 Å². The summed E-state index contributed by atoms with van der Waals surface area (Å²) in [5.41, 5.74) is 2.52. The molecule has 0 aliphatic heterocycles. The molecule has 1 aromatic rings. The lowest BCUT2D eigenvalue weighted by Crippen LogP contribution is -2.32.